The summed E-state index contributed by atoms with van der Waals surface area (Å²) in [5, 5.41) is 0. The summed E-state index contributed by atoms with van der Waals surface area (Å²) >= 11 is 3.45. The van der Waals surface area contributed by atoms with Crippen molar-refractivity contribution in [3.63, 3.8) is 0 Å². The monoisotopic (exact) mass is 351 g/mol. The van der Waals surface area contributed by atoms with Crippen LogP contribution in [-0.4, -0.2) is 25.0 Å². The lowest BCUT2D eigenvalue weighted by Gasteiger charge is -2.18. The minimum Gasteiger partial charge on any atom is -0.494 e. The molecule has 0 unspecified atom stereocenters. The van der Waals surface area contributed by atoms with Crippen molar-refractivity contribution in [3.8, 4) is 5.75 Å². The summed E-state index contributed by atoms with van der Waals surface area (Å²) in [4.78, 5) is 13.9. The molecule has 21 heavy (non-hydrogen) atoms. The van der Waals surface area contributed by atoms with Crippen LogP contribution in [0.25, 0.3) is 0 Å². The highest BCUT2D eigenvalue weighted by Crippen LogP contribution is 2.21. The second-order valence-electron chi connectivity index (χ2n) is 4.60. The molecular formula is C16H15BrFNO2. The number of nitrogens with zero attached hydrogens (tertiary/aromatic N) is 1. The zero-order chi connectivity index (χ0) is 15.4. The summed E-state index contributed by atoms with van der Waals surface area (Å²) in [6, 6.07) is 11.8. The Morgan fingerprint density at radius 3 is 2.67 bits per heavy atom. The molecule has 0 aliphatic carbocycles. The highest BCUT2D eigenvalue weighted by atomic mass is 79.9. The number of hydrogen-bond acceptors (Lipinski definition) is 2. The normalized spacial score (nSPS) is 10.3. The van der Waals surface area contributed by atoms with E-state index in [9.17, 15) is 9.18 Å². The number of ether oxygens (including phenoxy) is 1. The molecule has 2 aromatic rings. The molecule has 0 radical (unpaired) electrons. The van der Waals surface area contributed by atoms with Crippen molar-refractivity contribution in [1.82, 2.24) is 4.90 Å². The first kappa shape index (κ1) is 15.5. The number of rotatable bonds is 4. The smallest absolute Gasteiger partial charge is 0.254 e. The van der Waals surface area contributed by atoms with Crippen LogP contribution in [0, 0.1) is 5.82 Å². The van der Waals surface area contributed by atoms with E-state index < -0.39 is 5.82 Å². The van der Waals surface area contributed by atoms with E-state index in [0.717, 1.165) is 10.0 Å². The summed E-state index contributed by atoms with van der Waals surface area (Å²) < 4.78 is 19.2. The molecule has 3 nitrogen and oxygen atoms in total. The molecule has 0 fully saturated rings. The van der Waals surface area contributed by atoms with Crippen molar-refractivity contribution in [2.45, 2.75) is 6.54 Å². The molecule has 0 saturated heterocycles. The summed E-state index contributed by atoms with van der Waals surface area (Å²) in [5.41, 5.74) is 1.39. The first-order valence-electron chi connectivity index (χ1n) is 6.35. The van der Waals surface area contributed by atoms with E-state index >= 15 is 0 Å². The van der Waals surface area contributed by atoms with Gasteiger partial charge in [0.15, 0.2) is 11.6 Å². The van der Waals surface area contributed by atoms with Crippen LogP contribution >= 0.6 is 15.9 Å². The average Bonchev–Trinajstić information content (AvgIpc) is 2.49. The molecule has 5 heteroatoms. The molecule has 0 atom stereocenters. The van der Waals surface area contributed by atoms with Gasteiger partial charge in [-0.25, -0.2) is 4.39 Å². The number of amides is 1. The second-order valence-corrected chi connectivity index (χ2v) is 5.46. The lowest BCUT2D eigenvalue weighted by Crippen LogP contribution is -2.26. The van der Waals surface area contributed by atoms with Crippen LogP contribution in [-0.2, 0) is 6.54 Å². The van der Waals surface area contributed by atoms with Crippen LogP contribution in [0.5, 0.6) is 5.75 Å². The Bertz CT molecular complexity index is 660. The fourth-order valence-electron chi connectivity index (χ4n) is 1.97. The third kappa shape index (κ3) is 3.61. The van der Waals surface area contributed by atoms with Crippen LogP contribution in [0.4, 0.5) is 4.39 Å². The van der Waals surface area contributed by atoms with Crippen molar-refractivity contribution in [2.24, 2.45) is 0 Å². The van der Waals surface area contributed by atoms with Crippen molar-refractivity contribution in [3.05, 3.63) is 63.9 Å². The topological polar surface area (TPSA) is 29.5 Å². The Hall–Kier alpha value is -1.88. The zero-order valence-corrected chi connectivity index (χ0v) is 13.4. The molecule has 0 saturated carbocycles. The molecule has 110 valence electrons. The SMILES string of the molecule is COc1cc(C(=O)N(C)Cc2ccccc2Br)ccc1F. The summed E-state index contributed by atoms with van der Waals surface area (Å²) in [6.45, 7) is 0.458. The summed E-state index contributed by atoms with van der Waals surface area (Å²) in [6.07, 6.45) is 0. The largest absolute Gasteiger partial charge is 0.494 e. The molecule has 0 bridgehead atoms. The Labute approximate surface area is 131 Å². The number of halogens is 2. The van der Waals surface area contributed by atoms with Gasteiger partial charge in [-0.2, -0.15) is 0 Å². The standard InChI is InChI=1S/C16H15BrFNO2/c1-19(10-12-5-3-4-6-13(12)17)16(20)11-7-8-14(18)15(9-11)21-2/h3-9H,10H2,1-2H3. The maximum atomic E-state index is 13.4. The summed E-state index contributed by atoms with van der Waals surface area (Å²) in [5.74, 6) is -0.610. The number of methoxy groups -OCH3 is 1. The van der Waals surface area contributed by atoms with E-state index in [1.54, 1.807) is 11.9 Å². The molecule has 0 N–H and O–H groups in total. The van der Waals surface area contributed by atoms with Gasteiger partial charge in [0.1, 0.15) is 0 Å². The number of benzene rings is 2. The molecule has 0 aromatic heterocycles. The fraction of sp³-hybridized carbons (Fsp3) is 0.188. The number of carbonyl (C=O) groups is 1. The van der Waals surface area contributed by atoms with Crippen LogP contribution in [0.15, 0.2) is 46.9 Å². The van der Waals surface area contributed by atoms with Gasteiger partial charge in [-0.15, -0.1) is 0 Å². The van der Waals surface area contributed by atoms with E-state index in [2.05, 4.69) is 15.9 Å². The fourth-order valence-corrected chi connectivity index (χ4v) is 2.38. The highest BCUT2D eigenvalue weighted by molar-refractivity contribution is 9.10. The predicted molar refractivity (Wildman–Crippen MR) is 82.9 cm³/mol. The van der Waals surface area contributed by atoms with Crippen LogP contribution < -0.4 is 4.74 Å². The van der Waals surface area contributed by atoms with Crippen LogP contribution in [0.3, 0.4) is 0 Å². The Morgan fingerprint density at radius 2 is 2.00 bits per heavy atom. The third-order valence-corrected chi connectivity index (χ3v) is 3.88. The molecular weight excluding hydrogens is 337 g/mol. The van der Waals surface area contributed by atoms with Crippen LogP contribution in [0.1, 0.15) is 15.9 Å². The van der Waals surface area contributed by atoms with Crippen LogP contribution in [0.2, 0.25) is 0 Å². The molecule has 2 aromatic carbocycles. The van der Waals surface area contributed by atoms with Gasteiger partial charge in [0.25, 0.3) is 5.91 Å². The second kappa shape index (κ2) is 6.72. The average molecular weight is 352 g/mol. The Kier molecular flexibility index (Phi) is 4.96. The van der Waals surface area contributed by atoms with Gasteiger partial charge in [0, 0.05) is 23.6 Å². The van der Waals surface area contributed by atoms with Crippen molar-refractivity contribution >= 4 is 21.8 Å². The maximum absolute atomic E-state index is 13.4. The predicted octanol–water partition coefficient (Wildman–Crippen LogP) is 3.87. The van der Waals surface area contributed by atoms with Gasteiger partial charge in [0.2, 0.25) is 0 Å². The molecule has 0 spiro atoms. The minimum atomic E-state index is -0.484. The van der Waals surface area contributed by atoms with Gasteiger partial charge in [-0.05, 0) is 29.8 Å². The van der Waals surface area contributed by atoms with Gasteiger partial charge >= 0.3 is 0 Å². The maximum Gasteiger partial charge on any atom is 0.254 e. The lowest BCUT2D eigenvalue weighted by atomic mass is 10.1. The molecule has 0 aliphatic rings. The van der Waals surface area contributed by atoms with E-state index in [4.69, 9.17) is 4.74 Å². The van der Waals surface area contributed by atoms with Crippen molar-refractivity contribution in [1.29, 1.82) is 0 Å². The molecule has 0 heterocycles. The van der Waals surface area contributed by atoms with Crippen molar-refractivity contribution < 1.29 is 13.9 Å². The van der Waals surface area contributed by atoms with E-state index in [1.807, 2.05) is 24.3 Å². The van der Waals surface area contributed by atoms with E-state index in [0.29, 0.717) is 12.1 Å². The zero-order valence-electron chi connectivity index (χ0n) is 11.8. The van der Waals surface area contributed by atoms with Gasteiger partial charge in [-0.3, -0.25) is 4.79 Å². The summed E-state index contributed by atoms with van der Waals surface area (Å²) in [7, 11) is 3.08. The first-order chi connectivity index (χ1) is 10.0. The van der Waals surface area contributed by atoms with Gasteiger partial charge in [-0.1, -0.05) is 34.1 Å². The first-order valence-corrected chi connectivity index (χ1v) is 7.14. The third-order valence-electron chi connectivity index (χ3n) is 3.11. The molecule has 2 rings (SSSR count). The Morgan fingerprint density at radius 1 is 1.29 bits per heavy atom. The highest BCUT2D eigenvalue weighted by Gasteiger charge is 2.15. The van der Waals surface area contributed by atoms with E-state index in [-0.39, 0.29) is 11.7 Å². The number of hydrogen-bond donors (Lipinski definition) is 0. The lowest BCUT2D eigenvalue weighted by molar-refractivity contribution is 0.0784. The van der Waals surface area contributed by atoms with Crippen molar-refractivity contribution in [2.75, 3.05) is 14.2 Å². The minimum absolute atomic E-state index is 0.0649. The Balaban J connectivity index is 2.18. The van der Waals surface area contributed by atoms with E-state index in [1.165, 1.54) is 25.3 Å². The number of carbonyl (C=O) groups excluding carboxylic acids is 1. The van der Waals surface area contributed by atoms with Gasteiger partial charge in [0.05, 0.1) is 7.11 Å². The van der Waals surface area contributed by atoms with Gasteiger partial charge < -0.3 is 9.64 Å². The quantitative estimate of drug-likeness (QED) is 0.836. The molecule has 1 amide bonds. The molecule has 0 aliphatic heterocycles.